The Kier molecular flexibility index (Phi) is 10.6. The van der Waals surface area contributed by atoms with E-state index in [2.05, 4.69) is 27.4 Å². The first-order valence-corrected chi connectivity index (χ1v) is 14.2. The zero-order valence-electron chi connectivity index (χ0n) is 23.7. The lowest BCUT2D eigenvalue weighted by Crippen LogP contribution is -2.29. The second-order valence-electron chi connectivity index (χ2n) is 10.0. The molecule has 0 aliphatic carbocycles. The van der Waals surface area contributed by atoms with Crippen LogP contribution in [0.25, 0.3) is 22.3 Å². The Morgan fingerprint density at radius 3 is 2.59 bits per heavy atom. The first-order valence-electron chi connectivity index (χ1n) is 13.8. The maximum atomic E-state index is 12.9. The topological polar surface area (TPSA) is 114 Å². The Morgan fingerprint density at radius 1 is 1.07 bits per heavy atom. The quantitative estimate of drug-likeness (QED) is 0.187. The number of nitrogens with one attached hydrogen (secondary N) is 2. The Hall–Kier alpha value is -4.02. The second kappa shape index (κ2) is 14.6. The molecule has 4 aromatic rings. The van der Waals surface area contributed by atoms with E-state index in [4.69, 9.17) is 26.4 Å². The van der Waals surface area contributed by atoms with Crippen LogP contribution in [0.2, 0.25) is 5.02 Å². The minimum Gasteiger partial charge on any atom is -0.410 e. The summed E-state index contributed by atoms with van der Waals surface area (Å²) < 4.78 is 7.22. The Bertz CT molecular complexity index is 1460. The third kappa shape index (κ3) is 8.25. The average Bonchev–Trinajstić information content (AvgIpc) is 3.29. The number of aromatic nitrogens is 4. The highest BCUT2D eigenvalue weighted by Crippen LogP contribution is 2.33. The van der Waals surface area contributed by atoms with Crippen molar-refractivity contribution >= 4 is 40.5 Å². The largest absolute Gasteiger partial charge is 0.412 e. The van der Waals surface area contributed by atoms with Gasteiger partial charge in [-0.25, -0.2) is 14.5 Å². The number of amides is 2. The van der Waals surface area contributed by atoms with Crippen molar-refractivity contribution in [1.29, 1.82) is 0 Å². The molecule has 216 valence electrons. The number of nitrogens with zero attached hydrogens (tertiary/aromatic N) is 5. The molecule has 2 amide bonds. The van der Waals surface area contributed by atoms with E-state index in [9.17, 15) is 9.59 Å². The number of halogens is 1. The highest BCUT2D eigenvalue weighted by Gasteiger charge is 2.19. The monoisotopic (exact) mass is 577 g/mol. The van der Waals surface area contributed by atoms with E-state index in [1.54, 1.807) is 36.5 Å². The third-order valence-electron chi connectivity index (χ3n) is 6.45. The van der Waals surface area contributed by atoms with Crippen LogP contribution in [0.5, 0.6) is 5.75 Å². The molecule has 4 rings (SSSR count). The van der Waals surface area contributed by atoms with E-state index in [0.29, 0.717) is 52.0 Å². The van der Waals surface area contributed by atoms with Gasteiger partial charge in [-0.2, -0.15) is 5.10 Å². The summed E-state index contributed by atoms with van der Waals surface area (Å²) in [6.07, 6.45) is 7.72. The number of aryl methyl sites for hydroxylation is 1. The van der Waals surface area contributed by atoms with Crippen molar-refractivity contribution < 1.29 is 14.3 Å². The number of rotatable bonds is 13. The van der Waals surface area contributed by atoms with Gasteiger partial charge in [0, 0.05) is 31.0 Å². The number of hydrogen-bond donors (Lipinski definition) is 2. The van der Waals surface area contributed by atoms with Crippen LogP contribution in [0.15, 0.2) is 54.9 Å². The van der Waals surface area contributed by atoms with Crippen LogP contribution in [0, 0.1) is 0 Å². The molecule has 0 spiro atoms. The smallest absolute Gasteiger partial charge is 0.410 e. The van der Waals surface area contributed by atoms with Gasteiger partial charge in [-0.1, -0.05) is 37.8 Å². The minimum atomic E-state index is -0.498. The SMILES string of the molecule is CCCCCCn1nc(NC(=O)c2cccnc2)c2cc(Cl)c(-c3ccc(OC(=O)NCCCN(C)C)cc3)nc21. The van der Waals surface area contributed by atoms with Gasteiger partial charge in [0.2, 0.25) is 0 Å². The number of pyridine rings is 2. The van der Waals surface area contributed by atoms with Gasteiger partial charge in [0.05, 0.1) is 21.7 Å². The number of carbonyl (C=O) groups is 2. The molecule has 0 radical (unpaired) electrons. The zero-order valence-corrected chi connectivity index (χ0v) is 24.4. The predicted molar refractivity (Wildman–Crippen MR) is 162 cm³/mol. The summed E-state index contributed by atoms with van der Waals surface area (Å²) in [6, 6.07) is 12.2. The van der Waals surface area contributed by atoms with Crippen LogP contribution in [-0.2, 0) is 6.54 Å². The molecule has 0 aliphatic rings. The van der Waals surface area contributed by atoms with E-state index < -0.39 is 6.09 Å². The van der Waals surface area contributed by atoms with Crippen molar-refractivity contribution in [3.8, 4) is 17.0 Å². The molecule has 0 unspecified atom stereocenters. The van der Waals surface area contributed by atoms with E-state index in [1.807, 2.05) is 30.9 Å². The van der Waals surface area contributed by atoms with Crippen LogP contribution in [0.1, 0.15) is 49.4 Å². The van der Waals surface area contributed by atoms with E-state index >= 15 is 0 Å². The molecule has 3 heterocycles. The van der Waals surface area contributed by atoms with E-state index in [0.717, 1.165) is 44.2 Å². The van der Waals surface area contributed by atoms with Crippen molar-refractivity contribution in [2.75, 3.05) is 32.5 Å². The van der Waals surface area contributed by atoms with Gasteiger partial charge in [0.25, 0.3) is 5.91 Å². The third-order valence-corrected chi connectivity index (χ3v) is 6.73. The lowest BCUT2D eigenvalue weighted by molar-refractivity contribution is 0.102. The molecule has 0 aliphatic heterocycles. The first-order chi connectivity index (χ1) is 19.9. The Morgan fingerprint density at radius 2 is 1.88 bits per heavy atom. The normalized spacial score (nSPS) is 11.1. The maximum Gasteiger partial charge on any atom is 0.412 e. The van der Waals surface area contributed by atoms with Gasteiger partial charge >= 0.3 is 6.09 Å². The molecule has 11 heteroatoms. The number of fused-ring (bicyclic) bond motifs is 1. The molecule has 3 aromatic heterocycles. The summed E-state index contributed by atoms with van der Waals surface area (Å²) in [5, 5.41) is 11.4. The molecule has 0 saturated heterocycles. The fraction of sp³-hybridized carbons (Fsp3) is 0.367. The van der Waals surface area contributed by atoms with Crippen LogP contribution in [0.3, 0.4) is 0 Å². The molecule has 0 saturated carbocycles. The molecule has 41 heavy (non-hydrogen) atoms. The number of unbranched alkanes of at least 4 members (excludes halogenated alkanes) is 3. The number of benzene rings is 1. The summed E-state index contributed by atoms with van der Waals surface area (Å²) >= 11 is 6.71. The summed E-state index contributed by atoms with van der Waals surface area (Å²) in [5.74, 6) is 0.497. The zero-order chi connectivity index (χ0) is 29.2. The van der Waals surface area contributed by atoms with Crippen molar-refractivity contribution in [3.05, 3.63) is 65.4 Å². The molecule has 0 atom stereocenters. The Balaban J connectivity index is 1.55. The second-order valence-corrected chi connectivity index (χ2v) is 10.4. The van der Waals surface area contributed by atoms with E-state index in [-0.39, 0.29) is 5.91 Å². The first kappa shape index (κ1) is 30.0. The van der Waals surface area contributed by atoms with Gasteiger partial charge in [0.1, 0.15) is 5.75 Å². The van der Waals surface area contributed by atoms with Crippen LogP contribution < -0.4 is 15.4 Å². The van der Waals surface area contributed by atoms with Crippen molar-refractivity contribution in [3.63, 3.8) is 0 Å². The van der Waals surface area contributed by atoms with Gasteiger partial charge in [-0.15, -0.1) is 0 Å². The molecule has 0 fully saturated rings. The molecule has 0 bridgehead atoms. The fourth-order valence-electron chi connectivity index (χ4n) is 4.30. The lowest BCUT2D eigenvalue weighted by atomic mass is 10.1. The van der Waals surface area contributed by atoms with Crippen molar-refractivity contribution in [2.24, 2.45) is 0 Å². The van der Waals surface area contributed by atoms with Gasteiger partial charge < -0.3 is 20.3 Å². The highest BCUT2D eigenvalue weighted by molar-refractivity contribution is 6.34. The van der Waals surface area contributed by atoms with Crippen molar-refractivity contribution in [1.82, 2.24) is 30.0 Å². The molecular weight excluding hydrogens is 542 g/mol. The molecule has 1 aromatic carbocycles. The molecule has 10 nitrogen and oxygen atoms in total. The number of carbonyl (C=O) groups excluding carboxylic acids is 2. The van der Waals surface area contributed by atoms with Crippen LogP contribution in [0.4, 0.5) is 10.6 Å². The summed E-state index contributed by atoms with van der Waals surface area (Å²) in [6.45, 7) is 4.23. The van der Waals surface area contributed by atoms with Crippen LogP contribution in [-0.4, -0.2) is 63.8 Å². The standard InChI is InChI=1S/C30H36ClN7O3/c1-4-5-6-7-18-38-28-24(27(36-38)35-29(39)22-10-8-15-32-20-22)19-25(31)26(34-28)21-11-13-23(14-12-21)41-30(40)33-16-9-17-37(2)3/h8,10-15,19-20H,4-7,9,16-18H2,1-3H3,(H,33,40)(H,35,36,39). The number of hydrogen-bond acceptors (Lipinski definition) is 7. The number of anilines is 1. The summed E-state index contributed by atoms with van der Waals surface area (Å²) in [4.78, 5) is 35.9. The van der Waals surface area contributed by atoms with Gasteiger partial charge in [-0.05, 0) is 75.9 Å². The number of ether oxygens (including phenoxy) is 1. The van der Waals surface area contributed by atoms with Crippen molar-refractivity contribution in [2.45, 2.75) is 45.6 Å². The Labute approximate surface area is 245 Å². The lowest BCUT2D eigenvalue weighted by Gasteiger charge is -2.10. The van der Waals surface area contributed by atoms with Gasteiger partial charge in [0.15, 0.2) is 11.5 Å². The highest BCUT2D eigenvalue weighted by atomic mass is 35.5. The molecule has 2 N–H and O–H groups in total. The van der Waals surface area contributed by atoms with Crippen LogP contribution >= 0.6 is 11.6 Å². The minimum absolute atomic E-state index is 0.312. The fourth-order valence-corrected chi connectivity index (χ4v) is 4.56. The maximum absolute atomic E-state index is 12.9. The van der Waals surface area contributed by atoms with E-state index in [1.165, 1.54) is 6.20 Å². The summed E-state index contributed by atoms with van der Waals surface area (Å²) in [5.41, 5.74) is 2.38. The average molecular weight is 578 g/mol. The molecular formula is C30H36ClN7O3. The predicted octanol–water partition coefficient (Wildman–Crippen LogP) is 6.02. The van der Waals surface area contributed by atoms with Gasteiger partial charge in [-0.3, -0.25) is 9.78 Å². The summed E-state index contributed by atoms with van der Waals surface area (Å²) in [7, 11) is 3.97.